The first kappa shape index (κ1) is 26.0. The number of nitrogens with zero attached hydrogens (tertiary/aromatic N) is 1. The number of carbonyl (C=O) groups is 2. The van der Waals surface area contributed by atoms with Crippen LogP contribution in [-0.2, 0) is 25.9 Å². The second-order valence-electron chi connectivity index (χ2n) is 8.14. The lowest BCUT2D eigenvalue weighted by atomic mass is 10.0. The van der Waals surface area contributed by atoms with Gasteiger partial charge in [0.1, 0.15) is 5.71 Å². The molecule has 7 heteroatoms. The summed E-state index contributed by atoms with van der Waals surface area (Å²) in [7, 11) is -3.68. The van der Waals surface area contributed by atoms with Crippen LogP contribution in [0.4, 0.5) is 0 Å². The fourth-order valence-corrected chi connectivity index (χ4v) is 4.79. The Morgan fingerprint density at radius 1 is 0.771 bits per heavy atom. The van der Waals surface area contributed by atoms with Crippen LogP contribution in [0.2, 0.25) is 0 Å². The molecule has 0 aliphatic heterocycles. The zero-order valence-corrected chi connectivity index (χ0v) is 20.5. The summed E-state index contributed by atoms with van der Waals surface area (Å²) in [6, 6.07) is 23.0. The van der Waals surface area contributed by atoms with Crippen LogP contribution in [-0.4, -0.2) is 25.9 Å². The number of unbranched alkanes of at least 4 members (excludes halogenated alkanes) is 3. The maximum atomic E-state index is 13.1. The first-order valence-electron chi connectivity index (χ1n) is 11.7. The maximum absolute atomic E-state index is 13.1. The van der Waals surface area contributed by atoms with Gasteiger partial charge in [-0.25, -0.2) is 13.2 Å². The highest BCUT2D eigenvalue weighted by Gasteiger charge is 2.20. The highest BCUT2D eigenvalue weighted by Crippen LogP contribution is 2.21. The Kier molecular flexibility index (Phi) is 9.49. The van der Waals surface area contributed by atoms with Crippen molar-refractivity contribution in [2.45, 2.75) is 55.2 Å². The molecule has 0 aliphatic carbocycles. The summed E-state index contributed by atoms with van der Waals surface area (Å²) in [5.41, 5.74) is 1.21. The summed E-state index contributed by atoms with van der Waals surface area (Å²) in [6.07, 6.45) is 4.14. The quantitative estimate of drug-likeness (QED) is 0.105. The van der Waals surface area contributed by atoms with Crippen LogP contribution in [0.25, 0.3) is 0 Å². The normalized spacial score (nSPS) is 11.7. The van der Waals surface area contributed by atoms with Gasteiger partial charge >= 0.3 is 5.97 Å². The Morgan fingerprint density at radius 2 is 1.37 bits per heavy atom. The number of sulfone groups is 1. The molecule has 3 rings (SSSR count). The molecule has 0 unspecified atom stereocenters. The molecule has 0 N–H and O–H groups in total. The first-order valence-corrected chi connectivity index (χ1v) is 13.2. The van der Waals surface area contributed by atoms with Crippen LogP contribution in [0.15, 0.2) is 99.9 Å². The van der Waals surface area contributed by atoms with Gasteiger partial charge in [-0.2, -0.15) is 0 Å². The monoisotopic (exact) mass is 491 g/mol. The Bertz CT molecular complexity index is 1250. The second kappa shape index (κ2) is 12.8. The lowest BCUT2D eigenvalue weighted by molar-refractivity contribution is -0.142. The topological polar surface area (TPSA) is 89.9 Å². The minimum atomic E-state index is -3.68. The number of carbonyl (C=O) groups excluding carboxylic acids is 2. The third kappa shape index (κ3) is 7.45. The third-order valence-electron chi connectivity index (χ3n) is 5.46. The zero-order valence-electron chi connectivity index (χ0n) is 19.7. The summed E-state index contributed by atoms with van der Waals surface area (Å²) in [5.74, 6) is -0.947. The first-order chi connectivity index (χ1) is 16.9. The molecule has 0 saturated heterocycles. The second-order valence-corrected chi connectivity index (χ2v) is 10.1. The number of hydrogen-bond acceptors (Lipinski definition) is 6. The highest BCUT2D eigenvalue weighted by atomic mass is 32.2. The molecule has 0 amide bonds. The van der Waals surface area contributed by atoms with Crippen molar-refractivity contribution in [1.82, 2.24) is 0 Å². The van der Waals surface area contributed by atoms with Crippen molar-refractivity contribution in [2.24, 2.45) is 5.16 Å². The van der Waals surface area contributed by atoms with Crippen molar-refractivity contribution in [3.8, 4) is 0 Å². The SMILES string of the molecule is CCCCCCC(=NOC(=O)Cc1ccccc1)C(=O)c1ccc(S(=O)(=O)c2ccccc2)cc1. The molecule has 0 radical (unpaired) electrons. The van der Waals surface area contributed by atoms with E-state index >= 15 is 0 Å². The van der Waals surface area contributed by atoms with Crippen molar-refractivity contribution in [1.29, 1.82) is 0 Å². The van der Waals surface area contributed by atoms with E-state index < -0.39 is 21.6 Å². The highest BCUT2D eigenvalue weighted by molar-refractivity contribution is 7.91. The van der Waals surface area contributed by atoms with Crippen LogP contribution >= 0.6 is 0 Å². The Morgan fingerprint density at radius 3 is 2.00 bits per heavy atom. The average Bonchev–Trinajstić information content (AvgIpc) is 2.89. The van der Waals surface area contributed by atoms with Crippen LogP contribution in [0.1, 0.15) is 54.9 Å². The number of Topliss-reactive ketones (excluding diaryl/α,β-unsaturated/α-hetero) is 1. The van der Waals surface area contributed by atoms with Gasteiger partial charge in [0, 0.05) is 5.56 Å². The van der Waals surface area contributed by atoms with E-state index in [0.29, 0.717) is 6.42 Å². The van der Waals surface area contributed by atoms with Gasteiger partial charge < -0.3 is 4.84 Å². The number of hydrogen-bond donors (Lipinski definition) is 0. The van der Waals surface area contributed by atoms with E-state index in [2.05, 4.69) is 12.1 Å². The van der Waals surface area contributed by atoms with Gasteiger partial charge in [0.15, 0.2) is 0 Å². The molecular formula is C28H29NO5S. The van der Waals surface area contributed by atoms with E-state index in [1.165, 1.54) is 36.4 Å². The van der Waals surface area contributed by atoms with Crippen LogP contribution < -0.4 is 0 Å². The fourth-order valence-electron chi connectivity index (χ4n) is 3.51. The molecule has 0 atom stereocenters. The van der Waals surface area contributed by atoms with Gasteiger partial charge in [-0.15, -0.1) is 0 Å². The Labute approximate surface area is 206 Å². The van der Waals surface area contributed by atoms with Crippen LogP contribution in [0.5, 0.6) is 0 Å². The summed E-state index contributed by atoms with van der Waals surface area (Å²) in [5, 5.41) is 3.91. The maximum Gasteiger partial charge on any atom is 0.339 e. The van der Waals surface area contributed by atoms with Gasteiger partial charge in [-0.1, -0.05) is 79.9 Å². The Balaban J connectivity index is 1.76. The van der Waals surface area contributed by atoms with Crippen molar-refractivity contribution in [3.05, 3.63) is 96.1 Å². The molecular weight excluding hydrogens is 462 g/mol. The van der Waals surface area contributed by atoms with Gasteiger partial charge in [0.25, 0.3) is 0 Å². The molecule has 0 spiro atoms. The summed E-state index contributed by atoms with van der Waals surface area (Å²) in [4.78, 5) is 30.7. The lowest BCUT2D eigenvalue weighted by Gasteiger charge is -2.08. The van der Waals surface area contributed by atoms with E-state index in [9.17, 15) is 18.0 Å². The average molecular weight is 492 g/mol. The molecule has 3 aromatic carbocycles. The van der Waals surface area contributed by atoms with E-state index in [1.54, 1.807) is 18.2 Å². The van der Waals surface area contributed by atoms with Gasteiger partial charge in [-0.05, 0) is 54.8 Å². The molecule has 0 fully saturated rings. The van der Waals surface area contributed by atoms with Crippen molar-refractivity contribution in [3.63, 3.8) is 0 Å². The summed E-state index contributed by atoms with van der Waals surface area (Å²) >= 11 is 0. The molecule has 0 aromatic heterocycles. The number of benzene rings is 3. The van der Waals surface area contributed by atoms with Crippen molar-refractivity contribution >= 4 is 27.3 Å². The molecule has 6 nitrogen and oxygen atoms in total. The van der Waals surface area contributed by atoms with Gasteiger partial charge in [0.2, 0.25) is 15.6 Å². The minimum absolute atomic E-state index is 0.0493. The third-order valence-corrected chi connectivity index (χ3v) is 7.24. The lowest BCUT2D eigenvalue weighted by Crippen LogP contribution is -2.17. The molecule has 0 saturated carbocycles. The number of rotatable bonds is 12. The smallest absolute Gasteiger partial charge is 0.318 e. The van der Waals surface area contributed by atoms with E-state index in [-0.39, 0.29) is 27.5 Å². The molecule has 0 bridgehead atoms. The van der Waals surface area contributed by atoms with Crippen molar-refractivity contribution < 1.29 is 22.8 Å². The molecule has 3 aromatic rings. The predicted molar refractivity (Wildman–Crippen MR) is 135 cm³/mol. The zero-order chi connectivity index (χ0) is 25.1. The fraction of sp³-hybridized carbons (Fsp3) is 0.250. The summed E-state index contributed by atoms with van der Waals surface area (Å²) in [6.45, 7) is 2.09. The number of ketones is 1. The van der Waals surface area contributed by atoms with Crippen molar-refractivity contribution in [2.75, 3.05) is 0 Å². The van der Waals surface area contributed by atoms with Crippen LogP contribution in [0, 0.1) is 0 Å². The summed E-state index contributed by atoms with van der Waals surface area (Å²) < 4.78 is 25.6. The largest absolute Gasteiger partial charge is 0.339 e. The molecule has 182 valence electrons. The van der Waals surface area contributed by atoms with Crippen LogP contribution in [0.3, 0.4) is 0 Å². The Hall–Kier alpha value is -3.58. The predicted octanol–water partition coefficient (Wildman–Crippen LogP) is 5.81. The van der Waals surface area contributed by atoms with E-state index in [1.807, 2.05) is 30.3 Å². The molecule has 35 heavy (non-hydrogen) atoms. The van der Waals surface area contributed by atoms with E-state index in [4.69, 9.17) is 4.84 Å². The number of oxime groups is 1. The molecule has 0 aliphatic rings. The van der Waals surface area contributed by atoms with Gasteiger partial charge in [-0.3, -0.25) is 4.79 Å². The molecule has 0 heterocycles. The standard InChI is InChI=1S/C28H29NO5S/c1-2-3-4-11-16-26(29-34-27(30)21-22-12-7-5-8-13-22)28(31)23-17-19-25(20-18-23)35(32,33)24-14-9-6-10-15-24/h5-10,12-15,17-20H,2-4,11,16,21H2,1H3. The minimum Gasteiger partial charge on any atom is -0.318 e. The van der Waals surface area contributed by atoms with E-state index in [0.717, 1.165) is 31.2 Å². The van der Waals surface area contributed by atoms with Gasteiger partial charge in [0.05, 0.1) is 16.2 Å².